The van der Waals surface area contributed by atoms with Gasteiger partial charge in [-0.25, -0.2) is 13.6 Å². The van der Waals surface area contributed by atoms with Crippen LogP contribution in [0.5, 0.6) is 5.75 Å². The summed E-state index contributed by atoms with van der Waals surface area (Å²) in [4.78, 5) is 29.1. The molecule has 170 valence electrons. The summed E-state index contributed by atoms with van der Waals surface area (Å²) in [5.74, 6) is -0.905. The predicted molar refractivity (Wildman–Crippen MR) is 122 cm³/mol. The third kappa shape index (κ3) is 4.95. The van der Waals surface area contributed by atoms with Gasteiger partial charge in [-0.2, -0.15) is 0 Å². The Morgan fingerprint density at radius 1 is 1.03 bits per heavy atom. The molecule has 3 aromatic carbocycles. The van der Waals surface area contributed by atoms with Crippen LogP contribution in [0.4, 0.5) is 25.0 Å². The standard InChI is InChI=1S/C25H23F2N3O3/c1-33-20-7-4-6-17(15-20)24(31)28-22-8-2-3-9-23(22)30-13-5-12-29(25(30)32)16-18-14-19(26)10-11-21(18)27/h2-4,6-11,14-15H,5,12-13,16H2,1H3,(H,28,31). The third-order valence-electron chi connectivity index (χ3n) is 5.46. The molecular formula is C25H23F2N3O3. The fourth-order valence-corrected chi connectivity index (χ4v) is 3.80. The summed E-state index contributed by atoms with van der Waals surface area (Å²) >= 11 is 0. The van der Waals surface area contributed by atoms with Crippen molar-refractivity contribution in [3.05, 3.63) is 89.5 Å². The van der Waals surface area contributed by atoms with Crippen LogP contribution in [0.2, 0.25) is 0 Å². The minimum atomic E-state index is -0.563. The average Bonchev–Trinajstić information content (AvgIpc) is 2.83. The first-order valence-corrected chi connectivity index (χ1v) is 10.5. The zero-order valence-corrected chi connectivity index (χ0v) is 18.1. The lowest BCUT2D eigenvalue weighted by molar-refractivity contribution is 0.102. The number of halogens is 2. The van der Waals surface area contributed by atoms with Crippen LogP contribution in [0.1, 0.15) is 22.3 Å². The van der Waals surface area contributed by atoms with Gasteiger partial charge < -0.3 is 15.0 Å². The van der Waals surface area contributed by atoms with E-state index in [1.807, 2.05) is 0 Å². The molecule has 1 N–H and O–H groups in total. The summed E-state index contributed by atoms with van der Waals surface area (Å²) < 4.78 is 32.9. The molecule has 4 rings (SSSR count). The molecule has 8 heteroatoms. The first kappa shape index (κ1) is 22.3. The lowest BCUT2D eigenvalue weighted by Gasteiger charge is -2.36. The maximum atomic E-state index is 14.1. The Labute approximate surface area is 190 Å². The number of rotatable bonds is 6. The van der Waals surface area contributed by atoms with Crippen molar-refractivity contribution in [2.75, 3.05) is 30.4 Å². The number of ether oxygens (including phenoxy) is 1. The predicted octanol–water partition coefficient (Wildman–Crippen LogP) is 5.06. The molecule has 3 amide bonds. The Morgan fingerprint density at radius 2 is 1.85 bits per heavy atom. The summed E-state index contributed by atoms with van der Waals surface area (Å²) in [7, 11) is 1.52. The number of hydrogen-bond donors (Lipinski definition) is 1. The maximum Gasteiger partial charge on any atom is 0.324 e. The summed E-state index contributed by atoms with van der Waals surface area (Å²) in [6.07, 6.45) is 0.640. The number of methoxy groups -OCH3 is 1. The molecule has 0 aromatic heterocycles. The number of nitrogens with zero attached hydrogens (tertiary/aromatic N) is 2. The number of anilines is 2. The second-order valence-corrected chi connectivity index (χ2v) is 7.65. The molecule has 1 aliphatic heterocycles. The van der Waals surface area contributed by atoms with Gasteiger partial charge in [0.15, 0.2) is 0 Å². The van der Waals surface area contributed by atoms with Crippen LogP contribution in [-0.4, -0.2) is 37.0 Å². The van der Waals surface area contributed by atoms with Crippen LogP contribution in [0.15, 0.2) is 66.7 Å². The van der Waals surface area contributed by atoms with E-state index < -0.39 is 11.6 Å². The van der Waals surface area contributed by atoms with E-state index in [0.29, 0.717) is 42.2 Å². The topological polar surface area (TPSA) is 61.9 Å². The van der Waals surface area contributed by atoms with Crippen LogP contribution >= 0.6 is 0 Å². The van der Waals surface area contributed by atoms with Crippen molar-refractivity contribution >= 4 is 23.3 Å². The number of nitrogens with one attached hydrogen (secondary N) is 1. The van der Waals surface area contributed by atoms with Gasteiger partial charge in [0.25, 0.3) is 5.91 Å². The summed E-state index contributed by atoms with van der Waals surface area (Å²) in [6.45, 7) is 0.813. The Bertz CT molecular complexity index is 1190. The highest BCUT2D eigenvalue weighted by atomic mass is 19.1. The molecule has 0 radical (unpaired) electrons. The molecule has 1 heterocycles. The fourth-order valence-electron chi connectivity index (χ4n) is 3.80. The van der Waals surface area contributed by atoms with Crippen molar-refractivity contribution in [2.24, 2.45) is 0 Å². The Hall–Kier alpha value is -3.94. The van der Waals surface area contributed by atoms with Crippen molar-refractivity contribution in [1.29, 1.82) is 0 Å². The number of amides is 3. The van der Waals surface area contributed by atoms with E-state index in [1.165, 1.54) is 12.0 Å². The van der Waals surface area contributed by atoms with Gasteiger partial charge in [0.05, 0.1) is 25.0 Å². The molecular weight excluding hydrogens is 428 g/mol. The average molecular weight is 451 g/mol. The molecule has 0 saturated carbocycles. The van der Waals surface area contributed by atoms with Gasteiger partial charge in [0.1, 0.15) is 17.4 Å². The maximum absolute atomic E-state index is 14.1. The molecule has 0 aliphatic carbocycles. The molecule has 1 saturated heterocycles. The van der Waals surface area contributed by atoms with Crippen molar-refractivity contribution < 1.29 is 23.1 Å². The van der Waals surface area contributed by atoms with E-state index in [4.69, 9.17) is 4.74 Å². The molecule has 0 bridgehead atoms. The summed E-state index contributed by atoms with van der Waals surface area (Å²) in [5.41, 5.74) is 1.53. The fraction of sp³-hybridized carbons (Fsp3) is 0.200. The van der Waals surface area contributed by atoms with Gasteiger partial charge in [-0.05, 0) is 55.0 Å². The van der Waals surface area contributed by atoms with E-state index in [2.05, 4.69) is 5.32 Å². The SMILES string of the molecule is COc1cccc(C(=O)Nc2ccccc2N2CCCN(Cc3cc(F)ccc3F)C2=O)c1. The van der Waals surface area contributed by atoms with Crippen molar-refractivity contribution in [2.45, 2.75) is 13.0 Å². The van der Waals surface area contributed by atoms with E-state index in [9.17, 15) is 18.4 Å². The Morgan fingerprint density at radius 3 is 2.67 bits per heavy atom. The summed E-state index contributed by atoms with van der Waals surface area (Å²) in [6, 6.07) is 16.6. The quantitative estimate of drug-likeness (QED) is 0.570. The monoisotopic (exact) mass is 451 g/mol. The van der Waals surface area contributed by atoms with E-state index >= 15 is 0 Å². The van der Waals surface area contributed by atoms with E-state index in [0.717, 1.165) is 18.2 Å². The normalized spacial score (nSPS) is 13.7. The molecule has 1 fully saturated rings. The van der Waals surface area contributed by atoms with Gasteiger partial charge >= 0.3 is 6.03 Å². The van der Waals surface area contributed by atoms with Crippen molar-refractivity contribution in [3.8, 4) is 5.75 Å². The molecule has 3 aromatic rings. The number of hydrogen-bond acceptors (Lipinski definition) is 3. The van der Waals surface area contributed by atoms with Crippen LogP contribution in [0.25, 0.3) is 0 Å². The number of carbonyl (C=O) groups is 2. The minimum absolute atomic E-state index is 0.0444. The number of urea groups is 1. The van der Waals surface area contributed by atoms with E-state index in [1.54, 1.807) is 53.4 Å². The van der Waals surface area contributed by atoms with Gasteiger partial charge in [0, 0.05) is 24.2 Å². The van der Waals surface area contributed by atoms with Gasteiger partial charge in [0.2, 0.25) is 0 Å². The van der Waals surface area contributed by atoms with Gasteiger partial charge in [-0.15, -0.1) is 0 Å². The van der Waals surface area contributed by atoms with Gasteiger partial charge in [-0.1, -0.05) is 18.2 Å². The van der Waals surface area contributed by atoms with Crippen LogP contribution in [0.3, 0.4) is 0 Å². The molecule has 6 nitrogen and oxygen atoms in total. The molecule has 1 aliphatic rings. The molecule has 0 spiro atoms. The van der Waals surface area contributed by atoms with Crippen molar-refractivity contribution in [3.63, 3.8) is 0 Å². The highest BCUT2D eigenvalue weighted by Crippen LogP contribution is 2.30. The smallest absolute Gasteiger partial charge is 0.324 e. The summed E-state index contributed by atoms with van der Waals surface area (Å²) in [5, 5.41) is 2.86. The minimum Gasteiger partial charge on any atom is -0.497 e. The Kier molecular flexibility index (Phi) is 6.53. The van der Waals surface area contributed by atoms with Crippen molar-refractivity contribution in [1.82, 2.24) is 4.90 Å². The number of para-hydroxylation sites is 2. The van der Waals surface area contributed by atoms with Crippen LogP contribution < -0.4 is 15.0 Å². The van der Waals surface area contributed by atoms with Gasteiger partial charge in [-0.3, -0.25) is 9.69 Å². The number of carbonyl (C=O) groups excluding carboxylic acids is 2. The Balaban J connectivity index is 1.55. The lowest BCUT2D eigenvalue weighted by atomic mass is 10.1. The molecule has 0 unspecified atom stereocenters. The van der Waals surface area contributed by atoms with Crippen LogP contribution in [-0.2, 0) is 6.54 Å². The highest BCUT2D eigenvalue weighted by Gasteiger charge is 2.29. The van der Waals surface area contributed by atoms with E-state index in [-0.39, 0.29) is 24.0 Å². The number of benzene rings is 3. The molecule has 33 heavy (non-hydrogen) atoms. The third-order valence-corrected chi connectivity index (χ3v) is 5.46. The second-order valence-electron chi connectivity index (χ2n) is 7.65. The zero-order valence-electron chi connectivity index (χ0n) is 18.1. The highest BCUT2D eigenvalue weighted by molar-refractivity contribution is 6.07. The zero-order chi connectivity index (χ0) is 23.4. The lowest BCUT2D eigenvalue weighted by Crippen LogP contribution is -2.49. The first-order chi connectivity index (χ1) is 16.0. The largest absolute Gasteiger partial charge is 0.497 e. The van der Waals surface area contributed by atoms with Crippen LogP contribution in [0, 0.1) is 11.6 Å². The molecule has 0 atom stereocenters. The first-order valence-electron chi connectivity index (χ1n) is 10.5. The second kappa shape index (κ2) is 9.68.